The summed E-state index contributed by atoms with van der Waals surface area (Å²) in [6, 6.07) is 57.0. The van der Waals surface area contributed by atoms with Crippen LogP contribution in [0.15, 0.2) is 176 Å². The molecule has 0 unspecified atom stereocenters. The molecule has 0 fully saturated rings. The van der Waals surface area contributed by atoms with Gasteiger partial charge in [0.15, 0.2) is 5.82 Å². The Balaban J connectivity index is 0.979. The number of aromatic nitrogens is 2. The molecule has 0 N–H and O–H groups in total. The van der Waals surface area contributed by atoms with Gasteiger partial charge in [-0.1, -0.05) is 146 Å². The van der Waals surface area contributed by atoms with E-state index >= 15 is 0 Å². The zero-order valence-electron chi connectivity index (χ0n) is 31.2. The van der Waals surface area contributed by atoms with Crippen LogP contribution in [0.2, 0.25) is 0 Å². The molecule has 0 saturated heterocycles. The summed E-state index contributed by atoms with van der Waals surface area (Å²) >= 11 is 0. The van der Waals surface area contributed by atoms with Gasteiger partial charge in [0, 0.05) is 22.3 Å². The average Bonchev–Trinajstić information content (AvgIpc) is 3.57. The van der Waals surface area contributed by atoms with Crippen molar-refractivity contribution in [2.45, 2.75) is 24.7 Å². The van der Waals surface area contributed by atoms with Crippen LogP contribution < -0.4 is 4.74 Å². The maximum atomic E-state index is 6.70. The van der Waals surface area contributed by atoms with E-state index in [-0.39, 0.29) is 0 Å². The standard InChI is InChI=1S/C54H36N2O/c1-2-12-35(13-3-1)48-33-49(41-30-39-16-10-14-36-15-11-17-40(31-41)52(36)39)56-53(55-48)37-26-24-34(25-27-37)38-28-29-51-47(32-38)54(46-22-8-9-23-50(46)57-51)44-20-6-4-18-42(44)43-19-5-7-21-45(43)54/h1-14,16-24,26,28-33H,15,25,27H2. The molecule has 2 heterocycles. The summed E-state index contributed by atoms with van der Waals surface area (Å²) < 4.78 is 6.70. The van der Waals surface area contributed by atoms with Crippen molar-refractivity contribution in [1.29, 1.82) is 0 Å². The SMILES string of the molecule is C1=Cc2cc(-c3cc(-c4ccccc4)nc(C4=CC=C(c5ccc6c(c5)C5(c7ccccc7O6)c6ccccc6-c6ccccc65)CC4)n3)cc3cccc(c23)C1. The second-order valence-corrected chi connectivity index (χ2v) is 15.5. The highest BCUT2D eigenvalue weighted by Gasteiger charge is 2.51. The lowest BCUT2D eigenvalue weighted by Crippen LogP contribution is -2.32. The molecular formula is C54H36N2O. The molecule has 7 aromatic carbocycles. The first kappa shape index (κ1) is 32.2. The van der Waals surface area contributed by atoms with E-state index < -0.39 is 5.41 Å². The highest BCUT2D eigenvalue weighted by molar-refractivity contribution is 5.98. The Morgan fingerprint density at radius 2 is 1.18 bits per heavy atom. The Labute approximate surface area is 332 Å². The van der Waals surface area contributed by atoms with Gasteiger partial charge in [-0.05, 0) is 117 Å². The lowest BCUT2D eigenvalue weighted by atomic mass is 9.65. The van der Waals surface area contributed by atoms with Crippen molar-refractivity contribution in [3.8, 4) is 45.1 Å². The molecule has 1 aliphatic heterocycles. The summed E-state index contributed by atoms with van der Waals surface area (Å²) in [7, 11) is 0. The Hall–Kier alpha value is -7.10. The molecule has 3 nitrogen and oxygen atoms in total. The van der Waals surface area contributed by atoms with Crippen molar-refractivity contribution in [1.82, 2.24) is 9.97 Å². The molecular weight excluding hydrogens is 693 g/mol. The zero-order chi connectivity index (χ0) is 37.5. The van der Waals surface area contributed by atoms with Gasteiger partial charge in [-0.15, -0.1) is 0 Å². The van der Waals surface area contributed by atoms with Gasteiger partial charge in [-0.25, -0.2) is 9.97 Å². The van der Waals surface area contributed by atoms with Crippen LogP contribution in [-0.2, 0) is 11.8 Å². The number of rotatable bonds is 4. The van der Waals surface area contributed by atoms with E-state index in [0.717, 1.165) is 64.7 Å². The molecule has 0 bridgehead atoms. The Morgan fingerprint density at radius 3 is 1.96 bits per heavy atom. The fourth-order valence-corrected chi connectivity index (χ4v) is 9.92. The molecule has 0 atom stereocenters. The minimum Gasteiger partial charge on any atom is -0.457 e. The molecule has 12 rings (SSSR count). The van der Waals surface area contributed by atoms with E-state index in [1.54, 1.807) is 0 Å². The number of benzene rings is 7. The second-order valence-electron chi connectivity index (χ2n) is 15.5. The monoisotopic (exact) mass is 728 g/mol. The maximum Gasteiger partial charge on any atom is 0.156 e. The van der Waals surface area contributed by atoms with E-state index in [1.165, 1.54) is 66.4 Å². The zero-order valence-corrected chi connectivity index (χ0v) is 31.2. The van der Waals surface area contributed by atoms with Gasteiger partial charge in [0.05, 0.1) is 16.8 Å². The number of fused-ring (bicyclic) bond motifs is 9. The summed E-state index contributed by atoms with van der Waals surface area (Å²) in [6.45, 7) is 0. The number of allylic oxidation sites excluding steroid dienone is 5. The number of nitrogens with zero attached hydrogens (tertiary/aromatic N) is 2. The molecule has 0 saturated carbocycles. The summed E-state index contributed by atoms with van der Waals surface area (Å²) in [5.74, 6) is 2.60. The molecule has 57 heavy (non-hydrogen) atoms. The fourth-order valence-electron chi connectivity index (χ4n) is 9.92. The number of hydrogen-bond donors (Lipinski definition) is 0. The van der Waals surface area contributed by atoms with Gasteiger partial charge in [0.25, 0.3) is 0 Å². The van der Waals surface area contributed by atoms with Crippen LogP contribution in [-0.4, -0.2) is 9.97 Å². The molecule has 0 radical (unpaired) electrons. The van der Waals surface area contributed by atoms with Gasteiger partial charge in [0.1, 0.15) is 11.5 Å². The van der Waals surface area contributed by atoms with Gasteiger partial charge in [-0.3, -0.25) is 0 Å². The highest BCUT2D eigenvalue weighted by Crippen LogP contribution is 2.62. The number of para-hydroxylation sites is 1. The largest absolute Gasteiger partial charge is 0.457 e. The Morgan fingerprint density at radius 1 is 0.491 bits per heavy atom. The molecule has 0 amide bonds. The molecule has 3 heteroatoms. The smallest absolute Gasteiger partial charge is 0.156 e. The predicted molar refractivity (Wildman–Crippen MR) is 232 cm³/mol. The first-order valence-corrected chi connectivity index (χ1v) is 19.9. The lowest BCUT2D eigenvalue weighted by molar-refractivity contribution is 0.436. The van der Waals surface area contributed by atoms with Crippen LogP contribution >= 0.6 is 0 Å². The van der Waals surface area contributed by atoms with Gasteiger partial charge in [-0.2, -0.15) is 0 Å². The Bertz CT molecular complexity index is 3030. The second kappa shape index (κ2) is 12.5. The number of ether oxygens (including phenoxy) is 1. The third-order valence-electron chi connectivity index (χ3n) is 12.5. The van der Waals surface area contributed by atoms with Crippen molar-refractivity contribution in [2.24, 2.45) is 0 Å². The predicted octanol–water partition coefficient (Wildman–Crippen LogP) is 13.3. The van der Waals surface area contributed by atoms with Gasteiger partial charge < -0.3 is 4.74 Å². The number of hydrogen-bond acceptors (Lipinski definition) is 3. The lowest BCUT2D eigenvalue weighted by Gasteiger charge is -2.39. The Kier molecular flexibility index (Phi) is 7.03. The first-order valence-electron chi connectivity index (χ1n) is 19.9. The van der Waals surface area contributed by atoms with Crippen molar-refractivity contribution < 1.29 is 4.74 Å². The van der Waals surface area contributed by atoms with Gasteiger partial charge in [0.2, 0.25) is 0 Å². The maximum absolute atomic E-state index is 6.70. The third kappa shape index (κ3) is 4.85. The minimum absolute atomic E-state index is 0.482. The van der Waals surface area contributed by atoms with E-state index in [1.807, 2.05) is 0 Å². The molecule has 1 aromatic heterocycles. The highest BCUT2D eigenvalue weighted by atomic mass is 16.5. The van der Waals surface area contributed by atoms with E-state index in [0.29, 0.717) is 0 Å². The molecule has 4 aliphatic rings. The van der Waals surface area contributed by atoms with Gasteiger partial charge >= 0.3 is 0 Å². The summed E-state index contributed by atoms with van der Waals surface area (Å²) in [6.07, 6.45) is 11.7. The van der Waals surface area contributed by atoms with Crippen molar-refractivity contribution in [3.63, 3.8) is 0 Å². The van der Waals surface area contributed by atoms with Crippen molar-refractivity contribution >= 4 is 28.0 Å². The van der Waals surface area contributed by atoms with E-state index in [9.17, 15) is 0 Å². The van der Waals surface area contributed by atoms with Crippen molar-refractivity contribution in [2.75, 3.05) is 0 Å². The topological polar surface area (TPSA) is 35.0 Å². The molecule has 1 spiro atoms. The third-order valence-corrected chi connectivity index (χ3v) is 12.5. The summed E-state index contributed by atoms with van der Waals surface area (Å²) in [5, 5.41) is 2.60. The molecule has 3 aliphatic carbocycles. The normalized spacial score (nSPS) is 15.2. The molecule has 8 aromatic rings. The quantitative estimate of drug-likeness (QED) is 0.181. The van der Waals surface area contributed by atoms with E-state index in [4.69, 9.17) is 14.7 Å². The fraction of sp³-hybridized carbons (Fsp3) is 0.0741. The van der Waals surface area contributed by atoms with Crippen LogP contribution in [0.4, 0.5) is 0 Å². The summed E-state index contributed by atoms with van der Waals surface area (Å²) in [4.78, 5) is 10.5. The van der Waals surface area contributed by atoms with Crippen LogP contribution in [0.25, 0.3) is 61.6 Å². The minimum atomic E-state index is -0.482. The van der Waals surface area contributed by atoms with Crippen LogP contribution in [0.3, 0.4) is 0 Å². The van der Waals surface area contributed by atoms with Crippen LogP contribution in [0.1, 0.15) is 57.6 Å². The first-order chi connectivity index (χ1) is 28.2. The molecule has 268 valence electrons. The van der Waals surface area contributed by atoms with Crippen LogP contribution in [0.5, 0.6) is 11.5 Å². The van der Waals surface area contributed by atoms with Crippen molar-refractivity contribution in [3.05, 3.63) is 221 Å². The van der Waals surface area contributed by atoms with Crippen LogP contribution in [0, 0.1) is 0 Å². The average molecular weight is 729 g/mol. The van der Waals surface area contributed by atoms with E-state index in [2.05, 4.69) is 182 Å². The summed E-state index contributed by atoms with van der Waals surface area (Å²) in [5.41, 5.74) is 17.4.